The highest BCUT2D eigenvalue weighted by atomic mass is 16.1. The molecule has 0 aromatic heterocycles. The number of hydrogen-bond donors (Lipinski definition) is 0. The SMILES string of the molecule is CC(=O)C(C)=C1C=CCC=C1. The van der Waals surface area contributed by atoms with Crippen LogP contribution in [-0.4, -0.2) is 5.78 Å². The minimum absolute atomic E-state index is 0.149. The molecule has 0 amide bonds. The highest BCUT2D eigenvalue weighted by Crippen LogP contribution is 2.13. The van der Waals surface area contributed by atoms with E-state index in [-0.39, 0.29) is 5.78 Å². The molecule has 0 fully saturated rings. The zero-order chi connectivity index (χ0) is 8.27. The van der Waals surface area contributed by atoms with Crippen molar-refractivity contribution in [2.45, 2.75) is 20.3 Å². The molecule has 0 saturated heterocycles. The lowest BCUT2D eigenvalue weighted by Crippen LogP contribution is -1.95. The lowest BCUT2D eigenvalue weighted by Gasteiger charge is -2.02. The third-order valence-electron chi connectivity index (χ3n) is 1.83. The van der Waals surface area contributed by atoms with Crippen LogP contribution in [0.25, 0.3) is 0 Å². The molecular weight excluding hydrogens is 136 g/mol. The molecule has 0 bridgehead atoms. The predicted octanol–water partition coefficient (Wildman–Crippen LogP) is 2.41. The van der Waals surface area contributed by atoms with E-state index < -0.39 is 0 Å². The quantitative estimate of drug-likeness (QED) is 0.522. The van der Waals surface area contributed by atoms with Gasteiger partial charge in [0.1, 0.15) is 0 Å². The maximum atomic E-state index is 10.9. The van der Waals surface area contributed by atoms with Crippen molar-refractivity contribution in [2.75, 3.05) is 0 Å². The van der Waals surface area contributed by atoms with Crippen molar-refractivity contribution in [3.05, 3.63) is 35.5 Å². The van der Waals surface area contributed by atoms with Gasteiger partial charge in [0.15, 0.2) is 5.78 Å². The maximum absolute atomic E-state index is 10.9. The molecule has 0 unspecified atom stereocenters. The molecular formula is C10H12O. The van der Waals surface area contributed by atoms with Gasteiger partial charge in [-0.1, -0.05) is 24.3 Å². The second-order valence-electron chi connectivity index (χ2n) is 2.68. The molecule has 0 aromatic carbocycles. The largest absolute Gasteiger partial charge is 0.295 e. The van der Waals surface area contributed by atoms with Gasteiger partial charge in [0.25, 0.3) is 0 Å². The molecule has 0 radical (unpaired) electrons. The summed E-state index contributed by atoms with van der Waals surface area (Å²) in [6.07, 6.45) is 9.09. The Bertz CT molecular complexity index is 240. The normalized spacial score (nSPS) is 15.3. The lowest BCUT2D eigenvalue weighted by atomic mass is 10.0. The molecule has 0 heterocycles. The number of allylic oxidation sites excluding steroid dienone is 6. The molecule has 58 valence electrons. The average Bonchev–Trinajstić information content (AvgIpc) is 2.05. The molecule has 11 heavy (non-hydrogen) atoms. The van der Waals surface area contributed by atoms with Crippen molar-refractivity contribution in [1.82, 2.24) is 0 Å². The van der Waals surface area contributed by atoms with E-state index in [4.69, 9.17) is 0 Å². The lowest BCUT2D eigenvalue weighted by molar-refractivity contribution is -0.113. The van der Waals surface area contributed by atoms with Gasteiger partial charge in [0.2, 0.25) is 0 Å². The van der Waals surface area contributed by atoms with E-state index in [9.17, 15) is 4.79 Å². The zero-order valence-corrected chi connectivity index (χ0v) is 6.92. The van der Waals surface area contributed by atoms with Gasteiger partial charge in [-0.3, -0.25) is 4.79 Å². The van der Waals surface area contributed by atoms with E-state index in [0.717, 1.165) is 17.6 Å². The fourth-order valence-electron chi connectivity index (χ4n) is 0.977. The van der Waals surface area contributed by atoms with E-state index in [1.54, 1.807) is 6.92 Å². The van der Waals surface area contributed by atoms with Gasteiger partial charge < -0.3 is 0 Å². The van der Waals surface area contributed by atoms with Crippen molar-refractivity contribution in [1.29, 1.82) is 0 Å². The van der Waals surface area contributed by atoms with Crippen LogP contribution in [0.4, 0.5) is 0 Å². The van der Waals surface area contributed by atoms with Crippen LogP contribution in [-0.2, 0) is 4.79 Å². The Balaban J connectivity index is 2.94. The van der Waals surface area contributed by atoms with Gasteiger partial charge in [-0.05, 0) is 31.4 Å². The summed E-state index contributed by atoms with van der Waals surface area (Å²) in [4.78, 5) is 10.9. The summed E-state index contributed by atoms with van der Waals surface area (Å²) in [5.74, 6) is 0.149. The molecule has 0 atom stereocenters. The molecule has 1 aliphatic carbocycles. The van der Waals surface area contributed by atoms with Gasteiger partial charge in [-0.2, -0.15) is 0 Å². The molecule has 0 N–H and O–H groups in total. The fraction of sp³-hybridized carbons (Fsp3) is 0.300. The average molecular weight is 148 g/mol. The van der Waals surface area contributed by atoms with Crippen LogP contribution in [0.2, 0.25) is 0 Å². The van der Waals surface area contributed by atoms with Crippen molar-refractivity contribution in [3.63, 3.8) is 0 Å². The van der Waals surface area contributed by atoms with Gasteiger partial charge in [0, 0.05) is 0 Å². The summed E-state index contributed by atoms with van der Waals surface area (Å²) in [5.41, 5.74) is 1.89. The van der Waals surface area contributed by atoms with E-state index in [2.05, 4.69) is 12.2 Å². The van der Waals surface area contributed by atoms with Gasteiger partial charge >= 0.3 is 0 Å². The monoisotopic (exact) mass is 148 g/mol. The summed E-state index contributed by atoms with van der Waals surface area (Å²) in [6, 6.07) is 0. The number of rotatable bonds is 1. The molecule has 0 aliphatic heterocycles. The Labute approximate surface area is 67.1 Å². The van der Waals surface area contributed by atoms with Crippen LogP contribution in [0.1, 0.15) is 20.3 Å². The maximum Gasteiger partial charge on any atom is 0.156 e. The summed E-state index contributed by atoms with van der Waals surface area (Å²) in [5, 5.41) is 0. The van der Waals surface area contributed by atoms with Crippen LogP contribution in [0.15, 0.2) is 35.5 Å². The highest BCUT2D eigenvalue weighted by molar-refractivity contribution is 5.94. The minimum atomic E-state index is 0.149. The van der Waals surface area contributed by atoms with E-state index in [1.165, 1.54) is 0 Å². The van der Waals surface area contributed by atoms with E-state index in [1.807, 2.05) is 19.1 Å². The van der Waals surface area contributed by atoms with Crippen LogP contribution >= 0.6 is 0 Å². The Kier molecular flexibility index (Phi) is 2.42. The molecule has 0 saturated carbocycles. The van der Waals surface area contributed by atoms with Gasteiger partial charge in [-0.25, -0.2) is 0 Å². The Morgan fingerprint density at radius 2 is 1.82 bits per heavy atom. The van der Waals surface area contributed by atoms with E-state index in [0.29, 0.717) is 0 Å². The number of ketones is 1. The van der Waals surface area contributed by atoms with Gasteiger partial charge in [0.05, 0.1) is 0 Å². The van der Waals surface area contributed by atoms with Crippen LogP contribution in [0.5, 0.6) is 0 Å². The molecule has 0 spiro atoms. The number of carbonyl (C=O) groups is 1. The first-order chi connectivity index (χ1) is 5.22. The Hall–Kier alpha value is -1.11. The van der Waals surface area contributed by atoms with Crippen molar-refractivity contribution in [3.8, 4) is 0 Å². The first-order valence-electron chi connectivity index (χ1n) is 3.76. The Morgan fingerprint density at radius 3 is 2.27 bits per heavy atom. The number of hydrogen-bond acceptors (Lipinski definition) is 1. The predicted molar refractivity (Wildman–Crippen MR) is 46.3 cm³/mol. The van der Waals surface area contributed by atoms with Crippen molar-refractivity contribution in [2.24, 2.45) is 0 Å². The summed E-state index contributed by atoms with van der Waals surface area (Å²) in [6.45, 7) is 3.45. The zero-order valence-electron chi connectivity index (χ0n) is 6.92. The van der Waals surface area contributed by atoms with Crippen LogP contribution in [0.3, 0.4) is 0 Å². The molecule has 1 heteroatoms. The number of carbonyl (C=O) groups excluding carboxylic acids is 1. The fourth-order valence-corrected chi connectivity index (χ4v) is 0.977. The molecule has 1 nitrogen and oxygen atoms in total. The molecule has 1 rings (SSSR count). The van der Waals surface area contributed by atoms with Crippen LogP contribution in [0, 0.1) is 0 Å². The number of Topliss-reactive ketones (excluding diaryl/α,β-unsaturated/α-hetero) is 1. The third-order valence-corrected chi connectivity index (χ3v) is 1.83. The summed E-state index contributed by atoms with van der Waals surface area (Å²) in [7, 11) is 0. The third kappa shape index (κ3) is 1.90. The van der Waals surface area contributed by atoms with Crippen molar-refractivity contribution < 1.29 is 4.79 Å². The second kappa shape index (κ2) is 3.33. The van der Waals surface area contributed by atoms with Crippen molar-refractivity contribution >= 4 is 5.78 Å². The minimum Gasteiger partial charge on any atom is -0.295 e. The summed E-state index contributed by atoms with van der Waals surface area (Å²) < 4.78 is 0. The van der Waals surface area contributed by atoms with Gasteiger partial charge in [-0.15, -0.1) is 0 Å². The first-order valence-corrected chi connectivity index (χ1v) is 3.76. The molecule has 1 aliphatic rings. The highest BCUT2D eigenvalue weighted by Gasteiger charge is 2.01. The first kappa shape index (κ1) is 7.99. The summed E-state index contributed by atoms with van der Waals surface area (Å²) >= 11 is 0. The van der Waals surface area contributed by atoms with Crippen LogP contribution < -0.4 is 0 Å². The second-order valence-corrected chi connectivity index (χ2v) is 2.68. The topological polar surface area (TPSA) is 17.1 Å². The molecule has 0 aromatic rings. The van der Waals surface area contributed by atoms with E-state index >= 15 is 0 Å². The smallest absolute Gasteiger partial charge is 0.156 e. The Morgan fingerprint density at radius 1 is 1.27 bits per heavy atom. The standard InChI is InChI=1S/C10H12O/c1-8(9(2)11)10-6-4-3-5-7-10/h4-7H,3H2,1-2H3.